The van der Waals surface area contributed by atoms with Crippen molar-refractivity contribution in [1.82, 2.24) is 25.3 Å². The van der Waals surface area contributed by atoms with Gasteiger partial charge in [0.05, 0.1) is 5.69 Å². The van der Waals surface area contributed by atoms with E-state index in [1.54, 1.807) is 28.9 Å². The number of nitrogens with one attached hydrogen (secondary N) is 2. The second kappa shape index (κ2) is 7.97. The molecule has 0 saturated carbocycles. The number of nitrogens with zero attached hydrogens (tertiary/aromatic N) is 4. The summed E-state index contributed by atoms with van der Waals surface area (Å²) in [5.74, 6) is 1.16. The summed E-state index contributed by atoms with van der Waals surface area (Å²) in [5.41, 5.74) is 2.51. The number of halogens is 1. The second-order valence-corrected chi connectivity index (χ2v) is 6.24. The van der Waals surface area contributed by atoms with Gasteiger partial charge in [-0.25, -0.2) is 4.68 Å². The lowest BCUT2D eigenvalue weighted by atomic mass is 10.2. The van der Waals surface area contributed by atoms with E-state index in [-0.39, 0.29) is 5.91 Å². The molecule has 2 aromatic heterocycles. The molecule has 2 N–H and O–H groups in total. The lowest BCUT2D eigenvalue weighted by Crippen LogP contribution is -2.28. The Hall–Kier alpha value is -2.93. The van der Waals surface area contributed by atoms with Crippen LogP contribution < -0.4 is 10.6 Å². The van der Waals surface area contributed by atoms with E-state index in [0.717, 1.165) is 11.4 Å². The van der Waals surface area contributed by atoms with Crippen LogP contribution in [0.1, 0.15) is 21.7 Å². The van der Waals surface area contributed by atoms with Crippen LogP contribution in [0.5, 0.6) is 0 Å². The molecule has 134 valence electrons. The highest BCUT2D eigenvalue weighted by Gasteiger charge is 2.06. The van der Waals surface area contributed by atoms with Gasteiger partial charge in [0.25, 0.3) is 5.91 Å². The van der Waals surface area contributed by atoms with Gasteiger partial charge in [-0.1, -0.05) is 11.6 Å². The molecule has 0 saturated heterocycles. The van der Waals surface area contributed by atoms with E-state index in [2.05, 4.69) is 25.9 Å². The molecule has 8 heteroatoms. The summed E-state index contributed by atoms with van der Waals surface area (Å²) < 4.78 is 1.75. The Morgan fingerprint density at radius 1 is 1.08 bits per heavy atom. The first kappa shape index (κ1) is 17.9. The van der Waals surface area contributed by atoms with E-state index in [1.165, 1.54) is 0 Å². The van der Waals surface area contributed by atoms with Crippen LogP contribution in [0.2, 0.25) is 5.02 Å². The quantitative estimate of drug-likeness (QED) is 0.652. The minimum atomic E-state index is -0.144. The molecule has 7 nitrogen and oxygen atoms in total. The topological polar surface area (TPSA) is 84.7 Å². The zero-order chi connectivity index (χ0) is 18.5. The molecule has 0 spiro atoms. The molecule has 26 heavy (non-hydrogen) atoms. The zero-order valence-corrected chi connectivity index (χ0v) is 15.3. The van der Waals surface area contributed by atoms with Crippen molar-refractivity contribution in [2.45, 2.75) is 13.8 Å². The number of carbonyl (C=O) groups is 1. The second-order valence-electron chi connectivity index (χ2n) is 5.81. The molecule has 1 aromatic carbocycles. The summed E-state index contributed by atoms with van der Waals surface area (Å²) in [6.07, 6.45) is 0. The Morgan fingerprint density at radius 2 is 1.85 bits per heavy atom. The van der Waals surface area contributed by atoms with Crippen LogP contribution in [-0.4, -0.2) is 39.0 Å². The Kier molecular flexibility index (Phi) is 5.48. The van der Waals surface area contributed by atoms with Crippen molar-refractivity contribution in [1.29, 1.82) is 0 Å². The molecule has 0 radical (unpaired) electrons. The number of aromatic nitrogens is 4. The summed E-state index contributed by atoms with van der Waals surface area (Å²) in [6.45, 7) is 4.90. The van der Waals surface area contributed by atoms with Crippen molar-refractivity contribution in [2.75, 3.05) is 18.4 Å². The fourth-order valence-electron chi connectivity index (χ4n) is 2.46. The highest BCUT2D eigenvalue weighted by molar-refractivity contribution is 6.30. The highest BCUT2D eigenvalue weighted by atomic mass is 35.5. The standard InChI is InChI=1S/C18H19ClN6O/c1-12-11-13(2)25(24-12)17-8-7-16(22-23-17)20-9-10-21-18(26)14-3-5-15(19)6-4-14/h3-8,11H,9-10H2,1-2H3,(H,20,22)(H,21,26). The maximum absolute atomic E-state index is 12.0. The van der Waals surface area contributed by atoms with Crippen LogP contribution in [0.3, 0.4) is 0 Å². The van der Waals surface area contributed by atoms with E-state index < -0.39 is 0 Å². The lowest BCUT2D eigenvalue weighted by Gasteiger charge is -2.08. The van der Waals surface area contributed by atoms with Crippen LogP contribution in [0.25, 0.3) is 5.82 Å². The first-order valence-corrected chi connectivity index (χ1v) is 8.56. The van der Waals surface area contributed by atoms with E-state index in [4.69, 9.17) is 11.6 Å². The van der Waals surface area contributed by atoms with Gasteiger partial charge >= 0.3 is 0 Å². The van der Waals surface area contributed by atoms with Gasteiger partial charge in [0.15, 0.2) is 5.82 Å². The molecule has 0 aliphatic rings. The third-order valence-corrected chi connectivity index (χ3v) is 3.95. The van der Waals surface area contributed by atoms with Crippen LogP contribution in [-0.2, 0) is 0 Å². The minimum Gasteiger partial charge on any atom is -0.367 e. The number of benzene rings is 1. The summed E-state index contributed by atoms with van der Waals surface area (Å²) in [7, 11) is 0. The maximum atomic E-state index is 12.0. The van der Waals surface area contributed by atoms with Gasteiger partial charge in [0.1, 0.15) is 5.82 Å². The van der Waals surface area contributed by atoms with Gasteiger partial charge in [-0.2, -0.15) is 5.10 Å². The number of hydrogen-bond donors (Lipinski definition) is 2. The van der Waals surface area contributed by atoms with Crippen molar-refractivity contribution in [2.24, 2.45) is 0 Å². The Bertz CT molecular complexity index is 889. The Labute approximate surface area is 156 Å². The molecular weight excluding hydrogens is 352 g/mol. The normalized spacial score (nSPS) is 10.6. The van der Waals surface area contributed by atoms with Crippen LogP contribution in [0, 0.1) is 13.8 Å². The summed E-state index contributed by atoms with van der Waals surface area (Å²) in [6, 6.07) is 12.4. The fraction of sp³-hybridized carbons (Fsp3) is 0.222. The molecule has 0 unspecified atom stereocenters. The molecule has 3 rings (SSSR count). The molecular formula is C18H19ClN6O. The molecule has 0 fully saturated rings. The third-order valence-electron chi connectivity index (χ3n) is 3.70. The number of amides is 1. The third kappa shape index (κ3) is 4.37. The van der Waals surface area contributed by atoms with Gasteiger partial charge in [-0.3, -0.25) is 4.79 Å². The molecule has 0 atom stereocenters. The number of carbonyl (C=O) groups excluding carboxylic acids is 1. The molecule has 2 heterocycles. The fourth-order valence-corrected chi connectivity index (χ4v) is 2.59. The lowest BCUT2D eigenvalue weighted by molar-refractivity contribution is 0.0955. The van der Waals surface area contributed by atoms with Crippen molar-refractivity contribution in [3.8, 4) is 5.82 Å². The number of anilines is 1. The van der Waals surface area contributed by atoms with Crippen molar-refractivity contribution in [3.05, 3.63) is 64.4 Å². The highest BCUT2D eigenvalue weighted by Crippen LogP contribution is 2.11. The SMILES string of the molecule is Cc1cc(C)n(-c2ccc(NCCNC(=O)c3ccc(Cl)cc3)nn2)n1. The average Bonchev–Trinajstić information content (AvgIpc) is 2.98. The number of hydrogen-bond acceptors (Lipinski definition) is 5. The van der Waals surface area contributed by atoms with Crippen LogP contribution in [0.15, 0.2) is 42.5 Å². The van der Waals surface area contributed by atoms with Gasteiger partial charge in [0, 0.05) is 29.4 Å². The van der Waals surface area contributed by atoms with Gasteiger partial charge in [-0.15, -0.1) is 10.2 Å². The van der Waals surface area contributed by atoms with Gasteiger partial charge in [-0.05, 0) is 56.3 Å². The average molecular weight is 371 g/mol. The van der Waals surface area contributed by atoms with Crippen molar-refractivity contribution in [3.63, 3.8) is 0 Å². The van der Waals surface area contributed by atoms with Gasteiger partial charge < -0.3 is 10.6 Å². The smallest absolute Gasteiger partial charge is 0.251 e. The molecule has 1 amide bonds. The van der Waals surface area contributed by atoms with Gasteiger partial charge in [0.2, 0.25) is 0 Å². The van der Waals surface area contributed by atoms with Crippen LogP contribution in [0.4, 0.5) is 5.82 Å². The van der Waals surface area contributed by atoms with E-state index >= 15 is 0 Å². The first-order chi connectivity index (χ1) is 12.5. The van der Waals surface area contributed by atoms with Crippen LogP contribution >= 0.6 is 11.6 Å². The zero-order valence-electron chi connectivity index (χ0n) is 14.5. The van der Waals surface area contributed by atoms with E-state index in [1.807, 2.05) is 32.0 Å². The molecule has 0 aliphatic heterocycles. The maximum Gasteiger partial charge on any atom is 0.251 e. The summed E-state index contributed by atoms with van der Waals surface area (Å²) in [4.78, 5) is 12.0. The monoisotopic (exact) mass is 370 g/mol. The minimum absolute atomic E-state index is 0.144. The molecule has 0 bridgehead atoms. The number of rotatable bonds is 6. The summed E-state index contributed by atoms with van der Waals surface area (Å²) >= 11 is 5.81. The summed E-state index contributed by atoms with van der Waals surface area (Å²) in [5, 5.41) is 19.3. The predicted molar refractivity (Wildman–Crippen MR) is 101 cm³/mol. The number of aryl methyl sites for hydroxylation is 2. The van der Waals surface area contributed by atoms with Crippen molar-refractivity contribution >= 4 is 23.3 Å². The Morgan fingerprint density at radius 3 is 2.46 bits per heavy atom. The van der Waals surface area contributed by atoms with E-state index in [0.29, 0.717) is 35.3 Å². The Balaban J connectivity index is 1.48. The molecule has 3 aromatic rings. The predicted octanol–water partition coefficient (Wildman–Crippen LogP) is 2.77. The molecule has 0 aliphatic carbocycles. The van der Waals surface area contributed by atoms with E-state index in [9.17, 15) is 4.79 Å². The largest absolute Gasteiger partial charge is 0.367 e. The van der Waals surface area contributed by atoms with Crippen molar-refractivity contribution < 1.29 is 4.79 Å². The first-order valence-electron chi connectivity index (χ1n) is 8.18.